The molecule has 80 heavy (non-hydrogen) atoms. The summed E-state index contributed by atoms with van der Waals surface area (Å²) in [6.45, 7) is 4.08. The monoisotopic (exact) mass is 1130 g/mol. The highest BCUT2D eigenvalue weighted by atomic mass is 31.2. The van der Waals surface area contributed by atoms with Gasteiger partial charge in [-0.15, -0.1) is 0 Å². The van der Waals surface area contributed by atoms with Crippen LogP contribution in [0.4, 0.5) is 0 Å². The van der Waals surface area contributed by atoms with Crippen LogP contribution in [0.25, 0.3) is 0 Å². The Morgan fingerprint density at radius 1 is 0.400 bits per heavy atom. The highest BCUT2D eigenvalue weighted by molar-refractivity contribution is 7.45. The smallest absolute Gasteiger partial charge is 0.306 e. The molecule has 0 aromatic rings. The maximum atomic E-state index is 12.8. The fourth-order valence-electron chi connectivity index (χ4n) is 8.53. The number of nitrogens with zero attached hydrogens (tertiary/aromatic N) is 1. The predicted octanol–water partition coefficient (Wildman–Crippen LogP) is 20.1. The summed E-state index contributed by atoms with van der Waals surface area (Å²) in [5.41, 5.74) is 0. The second kappa shape index (κ2) is 60.0. The van der Waals surface area contributed by atoms with Crippen molar-refractivity contribution >= 4 is 19.8 Å². The van der Waals surface area contributed by atoms with Crippen LogP contribution >= 0.6 is 7.82 Å². The molecule has 0 rings (SSSR count). The molecule has 2 unspecified atom stereocenters. The number of hydrogen-bond donors (Lipinski definition) is 0. The molecule has 0 aliphatic heterocycles. The van der Waals surface area contributed by atoms with Crippen LogP contribution in [-0.2, 0) is 32.7 Å². The molecule has 0 aliphatic carbocycles. The minimum absolute atomic E-state index is 0.0436. The van der Waals surface area contributed by atoms with Gasteiger partial charge in [0.05, 0.1) is 27.7 Å². The largest absolute Gasteiger partial charge is 0.756 e. The van der Waals surface area contributed by atoms with Crippen molar-refractivity contribution in [2.24, 2.45) is 0 Å². The lowest BCUT2D eigenvalue weighted by Gasteiger charge is -2.28. The Morgan fingerprint density at radius 2 is 0.713 bits per heavy atom. The maximum Gasteiger partial charge on any atom is 0.306 e. The van der Waals surface area contributed by atoms with E-state index in [1.54, 1.807) is 0 Å². The molecule has 0 aromatic heterocycles. The highest BCUT2D eigenvalue weighted by Gasteiger charge is 2.22. The summed E-state index contributed by atoms with van der Waals surface area (Å²) in [4.78, 5) is 38.0. The average molecular weight is 1130 g/mol. The summed E-state index contributed by atoms with van der Waals surface area (Å²) in [7, 11) is 1.13. The van der Waals surface area contributed by atoms with Gasteiger partial charge in [-0.3, -0.25) is 14.2 Å². The summed E-state index contributed by atoms with van der Waals surface area (Å²) in [6.07, 6.45) is 85.5. The van der Waals surface area contributed by atoms with E-state index in [0.717, 1.165) is 96.3 Å². The van der Waals surface area contributed by atoms with Crippen molar-refractivity contribution in [1.82, 2.24) is 0 Å². The van der Waals surface area contributed by atoms with Crippen molar-refractivity contribution in [1.29, 1.82) is 0 Å². The number of hydrogen-bond acceptors (Lipinski definition) is 8. The molecule has 0 saturated carbocycles. The molecule has 9 nitrogen and oxygen atoms in total. The maximum absolute atomic E-state index is 12.8. The number of phosphoric acid groups is 1. The van der Waals surface area contributed by atoms with Crippen LogP contribution in [0.3, 0.4) is 0 Å². The Balaban J connectivity index is 4.17. The molecule has 0 aromatic carbocycles. The number of unbranched alkanes of at least 4 members (excludes halogenated alkanes) is 24. The summed E-state index contributed by atoms with van der Waals surface area (Å²) >= 11 is 0. The molecule has 0 saturated heterocycles. The molecular weight excluding hydrogens is 1010 g/mol. The molecule has 0 N–H and O–H groups in total. The van der Waals surface area contributed by atoms with Crippen LogP contribution in [-0.4, -0.2) is 70.0 Å². The molecular formula is C70H120NO8P. The zero-order chi connectivity index (χ0) is 58.4. The van der Waals surface area contributed by atoms with E-state index < -0.39 is 32.5 Å². The van der Waals surface area contributed by atoms with Crippen LogP contribution in [0, 0.1) is 0 Å². The number of esters is 2. The lowest BCUT2D eigenvalue weighted by atomic mass is 10.0. The zero-order valence-electron chi connectivity index (χ0n) is 52.0. The fourth-order valence-corrected chi connectivity index (χ4v) is 9.25. The number of ether oxygens (including phenoxy) is 2. The normalized spacial score (nSPS) is 14.0. The number of rotatable bonds is 58. The van der Waals surface area contributed by atoms with E-state index in [2.05, 4.69) is 135 Å². The third-order valence-corrected chi connectivity index (χ3v) is 14.4. The number of quaternary nitrogens is 1. The Labute approximate surface area is 492 Å². The standard InChI is InChI=1S/C70H120NO8P/c1-6-8-10-12-14-16-18-20-22-24-26-28-30-32-33-34-35-36-37-39-40-42-44-46-48-50-52-54-56-58-60-62-69(72)76-66-68(67-78-80(74,75)77-65-64-71(3,4)5)79-70(73)63-61-59-57-55-53-51-49-47-45-43-41-38-31-29-27-25-23-21-19-17-15-13-11-9-7-2/h9,11,15,17-18,20-21,23-24,26-27,29-30,32,38,41,45,47,51,53,68H,6-8,10,12-14,16,19,22,25,28,31,33-37,39-40,42-44,46,48-50,52,54-67H2,1-5H3/b11-9-,17-15-,20-18-,23-21-,26-24-,29-27-,32-30-,41-38-,47-45-,53-51-. The van der Waals surface area contributed by atoms with Gasteiger partial charge in [0, 0.05) is 12.8 Å². The number of carbonyl (C=O) groups is 2. The molecule has 10 heteroatoms. The Bertz CT molecular complexity index is 1760. The third-order valence-electron chi connectivity index (χ3n) is 13.5. The van der Waals surface area contributed by atoms with E-state index in [1.165, 1.54) is 128 Å². The van der Waals surface area contributed by atoms with Gasteiger partial charge in [-0.2, -0.15) is 0 Å². The molecule has 0 radical (unpaired) electrons. The van der Waals surface area contributed by atoms with E-state index in [0.29, 0.717) is 17.4 Å². The summed E-state index contributed by atoms with van der Waals surface area (Å²) in [5, 5.41) is 0. The number of phosphoric ester groups is 1. The number of carbonyl (C=O) groups excluding carboxylic acids is 2. The van der Waals surface area contributed by atoms with Crippen molar-refractivity contribution in [2.45, 2.75) is 264 Å². The predicted molar refractivity (Wildman–Crippen MR) is 341 cm³/mol. The first-order chi connectivity index (χ1) is 39.0. The van der Waals surface area contributed by atoms with Crippen LogP contribution in [0.1, 0.15) is 258 Å². The van der Waals surface area contributed by atoms with Gasteiger partial charge in [0.25, 0.3) is 7.82 Å². The second-order valence-corrected chi connectivity index (χ2v) is 23.8. The van der Waals surface area contributed by atoms with Crippen molar-refractivity contribution in [3.63, 3.8) is 0 Å². The molecule has 0 spiro atoms. The van der Waals surface area contributed by atoms with Crippen molar-refractivity contribution in [2.75, 3.05) is 47.5 Å². The first-order valence-corrected chi connectivity index (χ1v) is 33.7. The van der Waals surface area contributed by atoms with E-state index in [1.807, 2.05) is 21.1 Å². The van der Waals surface area contributed by atoms with E-state index in [-0.39, 0.29) is 26.1 Å². The zero-order valence-corrected chi connectivity index (χ0v) is 52.9. The van der Waals surface area contributed by atoms with Crippen LogP contribution in [0.15, 0.2) is 122 Å². The molecule has 2 atom stereocenters. The van der Waals surface area contributed by atoms with Crippen molar-refractivity contribution in [3.05, 3.63) is 122 Å². The molecule has 0 aliphatic rings. The topological polar surface area (TPSA) is 111 Å². The van der Waals surface area contributed by atoms with Gasteiger partial charge in [-0.1, -0.05) is 257 Å². The van der Waals surface area contributed by atoms with Gasteiger partial charge in [-0.05, 0) is 109 Å². The van der Waals surface area contributed by atoms with Gasteiger partial charge >= 0.3 is 11.9 Å². The third kappa shape index (κ3) is 63.6. The quantitative estimate of drug-likeness (QED) is 0.0195. The highest BCUT2D eigenvalue weighted by Crippen LogP contribution is 2.38. The van der Waals surface area contributed by atoms with Crippen molar-refractivity contribution in [3.8, 4) is 0 Å². The minimum Gasteiger partial charge on any atom is -0.756 e. The van der Waals surface area contributed by atoms with Crippen molar-refractivity contribution < 1.29 is 42.1 Å². The fraction of sp³-hybridized carbons (Fsp3) is 0.686. The summed E-state index contributed by atoms with van der Waals surface area (Å²) in [5.74, 6) is -0.875. The van der Waals surface area contributed by atoms with E-state index >= 15 is 0 Å². The molecule has 0 amide bonds. The molecule has 0 bridgehead atoms. The lowest BCUT2D eigenvalue weighted by molar-refractivity contribution is -0.870. The van der Waals surface area contributed by atoms with Gasteiger partial charge in [0.2, 0.25) is 0 Å². The second-order valence-electron chi connectivity index (χ2n) is 22.4. The minimum atomic E-state index is -4.66. The van der Waals surface area contributed by atoms with Gasteiger partial charge in [0.1, 0.15) is 19.8 Å². The Morgan fingerprint density at radius 3 is 1.07 bits per heavy atom. The van der Waals surface area contributed by atoms with Crippen LogP contribution in [0.5, 0.6) is 0 Å². The molecule has 458 valence electrons. The lowest BCUT2D eigenvalue weighted by Crippen LogP contribution is -2.37. The molecule has 0 fully saturated rings. The first-order valence-electron chi connectivity index (χ1n) is 32.2. The van der Waals surface area contributed by atoms with Gasteiger partial charge < -0.3 is 27.9 Å². The number of likely N-dealkylation sites (N-methyl/N-ethyl adjacent to an activating group) is 1. The molecule has 0 heterocycles. The summed E-state index contributed by atoms with van der Waals surface area (Å²) in [6, 6.07) is 0. The SMILES string of the molecule is CC/C=C\C/C=C\C/C=C\C/C=C\C/C=C\C/C=C\C/C=C\CCCCCC(=O)OC(COC(=O)CCCCCCCCCCCCCCCCCC/C=C\C/C=C\C/C=C\CCCCCCC)COP(=O)([O-])OCC[N+](C)(C)C. The van der Waals surface area contributed by atoms with E-state index in [4.69, 9.17) is 18.5 Å². The van der Waals surface area contributed by atoms with Gasteiger partial charge in [0.15, 0.2) is 6.10 Å². The van der Waals surface area contributed by atoms with Crippen LogP contribution < -0.4 is 4.89 Å². The number of allylic oxidation sites excluding steroid dienone is 20. The Kier molecular flexibility index (Phi) is 57.3. The van der Waals surface area contributed by atoms with Crippen LogP contribution in [0.2, 0.25) is 0 Å². The van der Waals surface area contributed by atoms with Gasteiger partial charge in [-0.25, -0.2) is 0 Å². The van der Waals surface area contributed by atoms with E-state index in [9.17, 15) is 19.0 Å². The summed E-state index contributed by atoms with van der Waals surface area (Å²) < 4.78 is 34.2. The Hall–Kier alpha value is -3.59. The average Bonchev–Trinajstić information content (AvgIpc) is 3.42. The first kappa shape index (κ1) is 76.4.